The first-order valence-corrected chi connectivity index (χ1v) is 9.19. The average molecular weight is 392 g/mol. The largest absolute Gasteiger partial charge is 0.453 e. The van der Waals surface area contributed by atoms with Crippen LogP contribution >= 0.6 is 0 Å². The van der Waals surface area contributed by atoms with Gasteiger partial charge in [-0.25, -0.2) is 0 Å². The molecule has 1 heterocycles. The molecule has 0 saturated carbocycles. The summed E-state index contributed by atoms with van der Waals surface area (Å²) in [7, 11) is -1.56. The molecule has 0 aliphatic heterocycles. The standard InChI is InChI=1S/C15H19F3N4O3S/c1-5-9-7-10(6-2)12(26(23,24)25)8-11(9)22-14(21(3)4)19-13(20-22)15(16,17)18/h7-8H,5-6H2,1-4H3,(H,23,24,25). The quantitative estimate of drug-likeness (QED) is 0.787. The number of hydrogen-bond acceptors (Lipinski definition) is 5. The number of benzene rings is 1. The molecule has 2 aromatic rings. The average Bonchev–Trinajstić information content (AvgIpc) is 2.98. The van der Waals surface area contributed by atoms with Crippen LogP contribution in [0.15, 0.2) is 17.0 Å². The Morgan fingerprint density at radius 1 is 1.15 bits per heavy atom. The van der Waals surface area contributed by atoms with Crippen molar-refractivity contribution in [1.29, 1.82) is 0 Å². The third-order valence-corrected chi connectivity index (χ3v) is 4.71. The van der Waals surface area contributed by atoms with Gasteiger partial charge in [-0.2, -0.15) is 31.3 Å². The van der Waals surface area contributed by atoms with Crippen LogP contribution in [0.25, 0.3) is 5.69 Å². The fourth-order valence-corrected chi connectivity index (χ4v) is 3.33. The smallest absolute Gasteiger partial charge is 0.347 e. The third kappa shape index (κ3) is 3.83. The number of aromatic nitrogens is 3. The normalized spacial score (nSPS) is 12.5. The summed E-state index contributed by atoms with van der Waals surface area (Å²) >= 11 is 0. The van der Waals surface area contributed by atoms with Crippen LogP contribution in [0.2, 0.25) is 0 Å². The Labute approximate surface area is 149 Å². The highest BCUT2D eigenvalue weighted by Gasteiger charge is 2.38. The number of aryl methyl sites for hydroxylation is 2. The number of hydrogen-bond donors (Lipinski definition) is 1. The topological polar surface area (TPSA) is 88.3 Å². The number of rotatable bonds is 5. The van der Waals surface area contributed by atoms with Crippen LogP contribution in [-0.2, 0) is 29.1 Å². The number of nitrogens with zero attached hydrogens (tertiary/aromatic N) is 4. The first kappa shape index (κ1) is 20.2. The Hall–Kier alpha value is -2.14. The van der Waals surface area contributed by atoms with Crippen molar-refractivity contribution >= 4 is 16.1 Å². The predicted molar refractivity (Wildman–Crippen MR) is 89.3 cm³/mol. The van der Waals surface area contributed by atoms with Crippen molar-refractivity contribution in [1.82, 2.24) is 14.8 Å². The molecule has 0 bridgehead atoms. The molecule has 0 fully saturated rings. The molecule has 0 atom stereocenters. The van der Waals surface area contributed by atoms with Gasteiger partial charge in [0, 0.05) is 14.1 Å². The molecule has 0 aliphatic rings. The summed E-state index contributed by atoms with van der Waals surface area (Å²) < 4.78 is 72.9. The summed E-state index contributed by atoms with van der Waals surface area (Å²) in [5.74, 6) is -1.45. The molecule has 26 heavy (non-hydrogen) atoms. The molecule has 11 heteroatoms. The van der Waals surface area contributed by atoms with E-state index in [4.69, 9.17) is 0 Å². The van der Waals surface area contributed by atoms with Gasteiger partial charge in [0.25, 0.3) is 15.9 Å². The summed E-state index contributed by atoms with van der Waals surface area (Å²) in [5, 5.41) is 3.52. The van der Waals surface area contributed by atoms with Crippen LogP contribution in [0.3, 0.4) is 0 Å². The van der Waals surface area contributed by atoms with Crippen LogP contribution < -0.4 is 4.90 Å². The second kappa shape index (κ2) is 6.88. The third-order valence-electron chi connectivity index (χ3n) is 3.77. The van der Waals surface area contributed by atoms with Crippen LogP contribution in [0.4, 0.5) is 19.1 Å². The highest BCUT2D eigenvalue weighted by molar-refractivity contribution is 7.85. The predicted octanol–water partition coefficient (Wildman–Crippen LogP) is 2.72. The van der Waals surface area contributed by atoms with E-state index in [0.717, 1.165) is 10.7 Å². The minimum absolute atomic E-state index is 0.113. The first-order valence-electron chi connectivity index (χ1n) is 7.75. The lowest BCUT2D eigenvalue weighted by atomic mass is 10.0. The van der Waals surface area contributed by atoms with E-state index in [1.165, 1.54) is 19.0 Å². The zero-order valence-electron chi connectivity index (χ0n) is 14.7. The summed E-state index contributed by atoms with van der Waals surface area (Å²) in [5.41, 5.74) is 1.07. The number of anilines is 1. The highest BCUT2D eigenvalue weighted by atomic mass is 32.2. The molecular formula is C15H19F3N4O3S. The Kier molecular flexibility index (Phi) is 5.34. The van der Waals surface area contributed by atoms with Gasteiger partial charge in [-0.15, -0.1) is 5.10 Å². The molecular weight excluding hydrogens is 373 g/mol. The van der Waals surface area contributed by atoms with Crippen LogP contribution in [-0.4, -0.2) is 41.8 Å². The van der Waals surface area contributed by atoms with E-state index in [2.05, 4.69) is 10.1 Å². The number of halogens is 3. The van der Waals surface area contributed by atoms with Gasteiger partial charge in [-0.05, 0) is 30.0 Å². The fourth-order valence-electron chi connectivity index (χ4n) is 2.54. The van der Waals surface area contributed by atoms with Crippen molar-refractivity contribution in [3.8, 4) is 5.69 Å². The zero-order chi connectivity index (χ0) is 19.9. The molecule has 0 spiro atoms. The van der Waals surface area contributed by atoms with E-state index in [1.807, 2.05) is 0 Å². The van der Waals surface area contributed by atoms with Crippen molar-refractivity contribution in [3.63, 3.8) is 0 Å². The summed E-state index contributed by atoms with van der Waals surface area (Å²) in [6.45, 7) is 3.49. The summed E-state index contributed by atoms with van der Waals surface area (Å²) in [6, 6.07) is 2.68. The molecule has 0 aliphatic carbocycles. The summed E-state index contributed by atoms with van der Waals surface area (Å²) in [4.78, 5) is 4.48. The lowest BCUT2D eigenvalue weighted by Gasteiger charge is -2.17. The van der Waals surface area contributed by atoms with E-state index < -0.39 is 22.1 Å². The Morgan fingerprint density at radius 3 is 2.15 bits per heavy atom. The minimum atomic E-state index is -4.75. The van der Waals surface area contributed by atoms with Crippen LogP contribution in [0.5, 0.6) is 0 Å². The van der Waals surface area contributed by atoms with E-state index in [0.29, 0.717) is 24.0 Å². The maximum absolute atomic E-state index is 13.0. The Balaban J connectivity index is 2.85. The molecule has 2 rings (SSSR count). The summed E-state index contributed by atoms with van der Waals surface area (Å²) in [6.07, 6.45) is -4.01. The lowest BCUT2D eigenvalue weighted by molar-refractivity contribution is -0.144. The molecule has 0 radical (unpaired) electrons. The van der Waals surface area contributed by atoms with Gasteiger partial charge in [0.2, 0.25) is 5.95 Å². The molecule has 1 aromatic heterocycles. The van der Waals surface area contributed by atoms with Gasteiger partial charge in [0.05, 0.1) is 10.6 Å². The maximum Gasteiger partial charge on any atom is 0.453 e. The zero-order valence-corrected chi connectivity index (χ0v) is 15.5. The van der Waals surface area contributed by atoms with Gasteiger partial charge in [-0.1, -0.05) is 19.9 Å². The SMILES string of the molecule is CCc1cc(CC)c(S(=O)(=O)O)cc1-n1nc(C(F)(F)F)nc1N(C)C. The molecule has 144 valence electrons. The van der Waals surface area contributed by atoms with E-state index in [1.54, 1.807) is 19.9 Å². The van der Waals surface area contributed by atoms with Crippen molar-refractivity contribution in [2.75, 3.05) is 19.0 Å². The minimum Gasteiger partial charge on any atom is -0.347 e. The second-order valence-corrected chi connectivity index (χ2v) is 7.20. The monoisotopic (exact) mass is 392 g/mol. The van der Waals surface area contributed by atoms with E-state index >= 15 is 0 Å². The second-order valence-electron chi connectivity index (χ2n) is 5.81. The molecule has 0 unspecified atom stereocenters. The Bertz CT molecular complexity index is 921. The number of alkyl halides is 3. The Morgan fingerprint density at radius 2 is 1.73 bits per heavy atom. The van der Waals surface area contributed by atoms with Gasteiger partial charge < -0.3 is 4.90 Å². The van der Waals surface area contributed by atoms with Gasteiger partial charge in [0.1, 0.15) is 0 Å². The van der Waals surface area contributed by atoms with Gasteiger partial charge >= 0.3 is 6.18 Å². The molecule has 0 amide bonds. The van der Waals surface area contributed by atoms with Gasteiger partial charge in [0.15, 0.2) is 0 Å². The van der Waals surface area contributed by atoms with Crippen molar-refractivity contribution in [2.24, 2.45) is 0 Å². The lowest BCUT2D eigenvalue weighted by Crippen LogP contribution is -2.17. The van der Waals surface area contributed by atoms with Crippen molar-refractivity contribution < 1.29 is 26.1 Å². The van der Waals surface area contributed by atoms with E-state index in [-0.39, 0.29) is 16.5 Å². The highest BCUT2D eigenvalue weighted by Crippen LogP contribution is 2.31. The molecule has 1 N–H and O–H groups in total. The van der Waals surface area contributed by atoms with Crippen LogP contribution in [0, 0.1) is 0 Å². The first-order chi connectivity index (χ1) is 11.9. The van der Waals surface area contributed by atoms with E-state index in [9.17, 15) is 26.1 Å². The van der Waals surface area contributed by atoms with Crippen molar-refractivity contribution in [3.05, 3.63) is 29.1 Å². The van der Waals surface area contributed by atoms with Crippen LogP contribution in [0.1, 0.15) is 30.8 Å². The molecule has 1 aromatic carbocycles. The van der Waals surface area contributed by atoms with Gasteiger partial charge in [-0.3, -0.25) is 4.55 Å². The maximum atomic E-state index is 13.0. The fraction of sp³-hybridized carbons (Fsp3) is 0.467. The van der Waals surface area contributed by atoms with Crippen molar-refractivity contribution in [2.45, 2.75) is 37.8 Å². The molecule has 0 saturated heterocycles. The molecule has 7 nitrogen and oxygen atoms in total.